The van der Waals surface area contributed by atoms with Crippen LogP contribution in [-0.2, 0) is 6.42 Å². The van der Waals surface area contributed by atoms with Crippen LogP contribution >= 0.6 is 0 Å². The highest BCUT2D eigenvalue weighted by molar-refractivity contribution is 5.44. The fourth-order valence-electron chi connectivity index (χ4n) is 2.56. The lowest BCUT2D eigenvalue weighted by Gasteiger charge is -2.16. The summed E-state index contributed by atoms with van der Waals surface area (Å²) in [5.74, 6) is 0. The van der Waals surface area contributed by atoms with E-state index in [2.05, 4.69) is 39.1 Å². The molecule has 2 nitrogen and oxygen atoms in total. The summed E-state index contributed by atoms with van der Waals surface area (Å²) in [5, 5.41) is 3.50. The molecule has 0 radical (unpaired) electrons. The maximum Gasteiger partial charge on any atom is 0.0282 e. The van der Waals surface area contributed by atoms with Gasteiger partial charge in [-0.3, -0.25) is 0 Å². The van der Waals surface area contributed by atoms with Gasteiger partial charge < -0.3 is 11.1 Å². The van der Waals surface area contributed by atoms with Crippen LogP contribution in [0, 0.1) is 27.7 Å². The minimum absolute atomic E-state index is 0.118. The van der Waals surface area contributed by atoms with E-state index >= 15 is 0 Å². The molecule has 1 aliphatic rings. The molecule has 18 heavy (non-hydrogen) atoms. The van der Waals surface area contributed by atoms with Crippen molar-refractivity contribution in [2.75, 3.05) is 13.1 Å². The van der Waals surface area contributed by atoms with E-state index in [0.717, 1.165) is 19.5 Å². The lowest BCUT2D eigenvalue weighted by molar-refractivity contribution is 0.570. The Bertz CT molecular complexity index is 419. The molecule has 0 saturated heterocycles. The van der Waals surface area contributed by atoms with Crippen LogP contribution in [0.25, 0.3) is 0 Å². The minimum atomic E-state index is 0.118. The van der Waals surface area contributed by atoms with E-state index in [4.69, 9.17) is 5.73 Å². The lowest BCUT2D eigenvalue weighted by atomic mass is 9.92. The largest absolute Gasteiger partial charge is 0.324 e. The molecule has 1 aromatic rings. The summed E-state index contributed by atoms with van der Waals surface area (Å²) < 4.78 is 0. The summed E-state index contributed by atoms with van der Waals surface area (Å²) in [5.41, 5.74) is 13.4. The molecule has 100 valence electrons. The Morgan fingerprint density at radius 2 is 1.67 bits per heavy atom. The van der Waals surface area contributed by atoms with Crippen LogP contribution in [0.2, 0.25) is 0 Å². The number of nitrogens with one attached hydrogen (secondary N) is 1. The highest BCUT2D eigenvalue weighted by Crippen LogP contribution is 2.31. The molecule has 0 bridgehead atoms. The zero-order chi connectivity index (χ0) is 13.3. The molecule has 2 heteroatoms. The Hall–Kier alpha value is -0.860. The maximum absolute atomic E-state index is 6.07. The van der Waals surface area contributed by atoms with E-state index in [1.807, 2.05) is 0 Å². The van der Waals surface area contributed by atoms with Crippen LogP contribution in [0.4, 0.5) is 0 Å². The summed E-state index contributed by atoms with van der Waals surface area (Å²) in [6, 6.07) is 2.29. The average molecular weight is 246 g/mol. The van der Waals surface area contributed by atoms with Crippen molar-refractivity contribution >= 4 is 0 Å². The first-order valence-electron chi connectivity index (χ1n) is 6.99. The molecule has 0 heterocycles. The van der Waals surface area contributed by atoms with Crippen molar-refractivity contribution in [3.05, 3.63) is 33.9 Å². The molecular weight excluding hydrogens is 220 g/mol. The molecule has 0 aromatic heterocycles. The lowest BCUT2D eigenvalue weighted by Crippen LogP contribution is -2.36. The second-order valence-corrected chi connectivity index (χ2v) is 6.03. The van der Waals surface area contributed by atoms with Gasteiger partial charge in [-0.25, -0.2) is 0 Å². The van der Waals surface area contributed by atoms with Gasteiger partial charge in [-0.05, 0) is 81.3 Å². The van der Waals surface area contributed by atoms with Crippen molar-refractivity contribution in [2.24, 2.45) is 5.73 Å². The third-order valence-electron chi connectivity index (χ3n) is 4.44. The summed E-state index contributed by atoms with van der Waals surface area (Å²) in [6.07, 6.45) is 3.47. The summed E-state index contributed by atoms with van der Waals surface area (Å²) in [7, 11) is 0. The number of hydrogen-bond donors (Lipinski definition) is 2. The van der Waals surface area contributed by atoms with E-state index in [1.165, 1.54) is 40.7 Å². The average Bonchev–Trinajstić information content (AvgIpc) is 3.04. The van der Waals surface area contributed by atoms with Gasteiger partial charge in [0.1, 0.15) is 0 Å². The molecule has 1 fully saturated rings. The predicted octanol–water partition coefficient (Wildman–Crippen LogP) is 2.54. The van der Waals surface area contributed by atoms with Gasteiger partial charge in [0.25, 0.3) is 0 Å². The Balaban J connectivity index is 1.95. The standard InChI is InChI=1S/C16H26N2/c1-11-9-12(2)14(4)15(13(11)3)5-8-18-10-16(17)6-7-16/h9,18H,5-8,10,17H2,1-4H3. The van der Waals surface area contributed by atoms with Crippen molar-refractivity contribution in [1.29, 1.82) is 0 Å². The van der Waals surface area contributed by atoms with Crippen LogP contribution in [0.5, 0.6) is 0 Å². The topological polar surface area (TPSA) is 38.0 Å². The molecule has 0 unspecified atom stereocenters. The molecule has 0 atom stereocenters. The van der Waals surface area contributed by atoms with Gasteiger partial charge in [0.2, 0.25) is 0 Å². The number of rotatable bonds is 5. The van der Waals surface area contributed by atoms with Gasteiger partial charge in [0.05, 0.1) is 0 Å². The maximum atomic E-state index is 6.07. The van der Waals surface area contributed by atoms with Crippen LogP contribution < -0.4 is 11.1 Å². The Kier molecular flexibility index (Phi) is 3.79. The first-order chi connectivity index (χ1) is 8.43. The van der Waals surface area contributed by atoms with Crippen molar-refractivity contribution < 1.29 is 0 Å². The molecule has 1 saturated carbocycles. The molecule has 3 N–H and O–H groups in total. The van der Waals surface area contributed by atoms with Crippen LogP contribution in [0.15, 0.2) is 6.07 Å². The Labute approximate surface area is 111 Å². The molecular formula is C16H26N2. The van der Waals surface area contributed by atoms with Crippen LogP contribution in [0.3, 0.4) is 0 Å². The third-order valence-corrected chi connectivity index (χ3v) is 4.44. The van der Waals surface area contributed by atoms with E-state index in [-0.39, 0.29) is 5.54 Å². The van der Waals surface area contributed by atoms with E-state index in [9.17, 15) is 0 Å². The Morgan fingerprint density at radius 3 is 2.17 bits per heavy atom. The van der Waals surface area contributed by atoms with Gasteiger partial charge in [-0.2, -0.15) is 0 Å². The van der Waals surface area contributed by atoms with E-state index in [0.29, 0.717) is 0 Å². The number of hydrogen-bond acceptors (Lipinski definition) is 2. The van der Waals surface area contributed by atoms with E-state index < -0.39 is 0 Å². The molecule has 1 aliphatic carbocycles. The van der Waals surface area contributed by atoms with E-state index in [1.54, 1.807) is 0 Å². The summed E-state index contributed by atoms with van der Waals surface area (Å²) >= 11 is 0. The molecule has 2 rings (SSSR count). The first-order valence-corrected chi connectivity index (χ1v) is 6.99. The van der Waals surface area contributed by atoms with Crippen molar-refractivity contribution in [1.82, 2.24) is 5.32 Å². The van der Waals surface area contributed by atoms with Crippen LogP contribution in [-0.4, -0.2) is 18.6 Å². The quantitative estimate of drug-likeness (QED) is 0.784. The van der Waals surface area contributed by atoms with Gasteiger partial charge in [-0.1, -0.05) is 6.07 Å². The van der Waals surface area contributed by atoms with Crippen molar-refractivity contribution in [3.63, 3.8) is 0 Å². The fraction of sp³-hybridized carbons (Fsp3) is 0.625. The normalized spacial score (nSPS) is 16.9. The van der Waals surface area contributed by atoms with Crippen LogP contribution in [0.1, 0.15) is 40.7 Å². The zero-order valence-electron chi connectivity index (χ0n) is 12.2. The monoisotopic (exact) mass is 246 g/mol. The Morgan fingerprint density at radius 1 is 1.11 bits per heavy atom. The highest BCUT2D eigenvalue weighted by Gasteiger charge is 2.37. The molecule has 1 aromatic carbocycles. The number of nitrogens with two attached hydrogens (primary N) is 1. The SMILES string of the molecule is Cc1cc(C)c(C)c(CCNCC2(N)CC2)c1C. The zero-order valence-corrected chi connectivity index (χ0v) is 12.2. The van der Waals surface area contributed by atoms with Gasteiger partial charge >= 0.3 is 0 Å². The molecule has 0 spiro atoms. The summed E-state index contributed by atoms with van der Waals surface area (Å²) in [6.45, 7) is 10.9. The van der Waals surface area contributed by atoms with Gasteiger partial charge in [-0.15, -0.1) is 0 Å². The second-order valence-electron chi connectivity index (χ2n) is 6.03. The number of aryl methyl sites for hydroxylation is 2. The molecule has 0 amide bonds. The van der Waals surface area contributed by atoms with Gasteiger partial charge in [0.15, 0.2) is 0 Å². The fourth-order valence-corrected chi connectivity index (χ4v) is 2.56. The second kappa shape index (κ2) is 5.02. The highest BCUT2D eigenvalue weighted by atomic mass is 15.0. The summed E-state index contributed by atoms with van der Waals surface area (Å²) in [4.78, 5) is 0. The number of benzene rings is 1. The van der Waals surface area contributed by atoms with Gasteiger partial charge in [0, 0.05) is 12.1 Å². The smallest absolute Gasteiger partial charge is 0.0282 e. The predicted molar refractivity (Wildman–Crippen MR) is 78.1 cm³/mol. The van der Waals surface area contributed by atoms with Crippen molar-refractivity contribution in [3.8, 4) is 0 Å². The first kappa shape index (κ1) is 13.6. The third kappa shape index (κ3) is 2.93. The van der Waals surface area contributed by atoms with Crippen molar-refractivity contribution in [2.45, 2.75) is 52.5 Å². The minimum Gasteiger partial charge on any atom is -0.324 e. The molecule has 0 aliphatic heterocycles.